The summed E-state index contributed by atoms with van der Waals surface area (Å²) in [5.41, 5.74) is 0.159. The van der Waals surface area contributed by atoms with Crippen molar-refractivity contribution in [2.75, 3.05) is 31.1 Å². The number of allylic oxidation sites excluding steroid dienone is 1. The van der Waals surface area contributed by atoms with Crippen molar-refractivity contribution >= 4 is 41.0 Å². The predicted molar refractivity (Wildman–Crippen MR) is 172 cm³/mol. The molecule has 3 saturated heterocycles. The molecule has 2 N–H and O–H groups in total. The van der Waals surface area contributed by atoms with Gasteiger partial charge in [-0.25, -0.2) is 0 Å². The van der Waals surface area contributed by atoms with Crippen molar-refractivity contribution in [3.8, 4) is 0 Å². The molecule has 3 heterocycles. The highest BCUT2D eigenvalue weighted by Gasteiger charge is 2.75. The standard InChI is InChI=1S/C34H46ClN3O7/c1-5-7-15-26(40)36-21-23(4)44-33(43)27-25-16-17-34(45-25)28(27)31(41)38(19-10-8-9-11-20-39)30(34)32(42)37(18-6-2)29-22(3)13-12-14-24(29)35/h5-6,12-14,23,25,27-28,30,39H,1-2,7-11,15-21H2,3-4H3,(H,36,40)/t23-,25+,27-,28-,30+,34-/m1/s1. The van der Waals surface area contributed by atoms with Gasteiger partial charge in [0.2, 0.25) is 11.8 Å². The summed E-state index contributed by atoms with van der Waals surface area (Å²) in [6, 6.07) is 4.44. The third-order valence-electron chi connectivity index (χ3n) is 9.13. The normalized spacial score (nSPS) is 25.5. The number of hydrogen-bond acceptors (Lipinski definition) is 7. The fourth-order valence-electron chi connectivity index (χ4n) is 7.12. The van der Waals surface area contributed by atoms with E-state index in [2.05, 4.69) is 18.5 Å². The van der Waals surface area contributed by atoms with Gasteiger partial charge in [0.05, 0.1) is 35.2 Å². The Balaban J connectivity index is 1.62. The molecule has 6 atom stereocenters. The number of hydrogen-bond donors (Lipinski definition) is 2. The second kappa shape index (κ2) is 15.4. The summed E-state index contributed by atoms with van der Waals surface area (Å²) in [6.45, 7) is 11.8. The molecule has 0 aromatic heterocycles. The number of carbonyl (C=O) groups excluding carboxylic acids is 4. The Morgan fingerprint density at radius 3 is 2.69 bits per heavy atom. The van der Waals surface area contributed by atoms with Crippen LogP contribution in [-0.4, -0.2) is 83.8 Å². The highest BCUT2D eigenvalue weighted by Crippen LogP contribution is 2.59. The van der Waals surface area contributed by atoms with Crippen LogP contribution in [0.5, 0.6) is 0 Å². The van der Waals surface area contributed by atoms with Crippen LogP contribution in [0.4, 0.5) is 5.69 Å². The number of likely N-dealkylation sites (tertiary alicyclic amines) is 1. The Labute approximate surface area is 270 Å². The molecule has 3 aliphatic heterocycles. The molecular weight excluding hydrogens is 598 g/mol. The summed E-state index contributed by atoms with van der Waals surface area (Å²) < 4.78 is 12.3. The summed E-state index contributed by atoms with van der Waals surface area (Å²) in [4.78, 5) is 57.8. The second-order valence-corrected chi connectivity index (χ2v) is 12.7. The number of nitrogens with zero attached hydrogens (tertiary/aromatic N) is 2. The average Bonchev–Trinajstić information content (AvgIpc) is 3.65. The predicted octanol–water partition coefficient (Wildman–Crippen LogP) is 4.11. The monoisotopic (exact) mass is 643 g/mol. The zero-order valence-corrected chi connectivity index (χ0v) is 27.1. The number of fused-ring (bicyclic) bond motifs is 1. The van der Waals surface area contributed by atoms with Gasteiger partial charge in [-0.05, 0) is 57.6 Å². The van der Waals surface area contributed by atoms with Gasteiger partial charge in [-0.1, -0.05) is 48.7 Å². The molecule has 4 rings (SSSR count). The lowest BCUT2D eigenvalue weighted by molar-refractivity contribution is -0.159. The van der Waals surface area contributed by atoms with Gasteiger partial charge in [-0.15, -0.1) is 13.2 Å². The van der Waals surface area contributed by atoms with Gasteiger partial charge >= 0.3 is 5.97 Å². The fourth-order valence-corrected chi connectivity index (χ4v) is 7.44. The Morgan fingerprint density at radius 1 is 1.24 bits per heavy atom. The molecule has 1 spiro atoms. The van der Waals surface area contributed by atoms with Crippen LogP contribution in [0.2, 0.25) is 5.02 Å². The van der Waals surface area contributed by atoms with Crippen molar-refractivity contribution < 1.29 is 33.8 Å². The number of unbranched alkanes of at least 4 members (excludes halogenated alkanes) is 3. The molecule has 0 radical (unpaired) electrons. The smallest absolute Gasteiger partial charge is 0.312 e. The number of amides is 3. The van der Waals surface area contributed by atoms with E-state index in [4.69, 9.17) is 21.1 Å². The molecule has 3 fully saturated rings. The molecule has 246 valence electrons. The van der Waals surface area contributed by atoms with E-state index in [0.29, 0.717) is 55.8 Å². The molecule has 0 aliphatic carbocycles. The maximum atomic E-state index is 14.7. The molecule has 0 saturated carbocycles. The Bertz CT molecular complexity index is 1270. The number of carbonyl (C=O) groups is 4. The van der Waals surface area contributed by atoms with Crippen molar-refractivity contribution in [3.63, 3.8) is 0 Å². The molecule has 11 heteroatoms. The highest BCUT2D eigenvalue weighted by molar-refractivity contribution is 6.34. The van der Waals surface area contributed by atoms with Crippen molar-refractivity contribution in [2.24, 2.45) is 11.8 Å². The first-order valence-corrected chi connectivity index (χ1v) is 16.3. The van der Waals surface area contributed by atoms with Gasteiger partial charge in [0, 0.05) is 26.1 Å². The number of aliphatic hydroxyl groups is 1. The van der Waals surface area contributed by atoms with E-state index in [0.717, 1.165) is 18.4 Å². The van der Waals surface area contributed by atoms with Gasteiger partial charge in [0.15, 0.2) is 0 Å². The van der Waals surface area contributed by atoms with Crippen LogP contribution in [0.3, 0.4) is 0 Å². The topological polar surface area (TPSA) is 125 Å². The molecule has 2 bridgehead atoms. The van der Waals surface area contributed by atoms with Crippen molar-refractivity contribution in [1.82, 2.24) is 10.2 Å². The number of ether oxygens (including phenoxy) is 2. The highest BCUT2D eigenvalue weighted by atomic mass is 35.5. The van der Waals surface area contributed by atoms with Gasteiger partial charge < -0.3 is 29.7 Å². The molecule has 1 aromatic carbocycles. The van der Waals surface area contributed by atoms with Crippen LogP contribution in [-0.2, 0) is 28.7 Å². The molecule has 1 aromatic rings. The summed E-state index contributed by atoms with van der Waals surface area (Å²) >= 11 is 6.63. The number of para-hydroxylation sites is 1. The van der Waals surface area contributed by atoms with E-state index < -0.39 is 41.7 Å². The van der Waals surface area contributed by atoms with E-state index in [1.807, 2.05) is 19.1 Å². The molecule has 3 amide bonds. The van der Waals surface area contributed by atoms with Gasteiger partial charge in [-0.2, -0.15) is 0 Å². The molecule has 45 heavy (non-hydrogen) atoms. The lowest BCUT2D eigenvalue weighted by Gasteiger charge is -2.37. The minimum Gasteiger partial charge on any atom is -0.460 e. The van der Waals surface area contributed by atoms with E-state index >= 15 is 0 Å². The number of anilines is 1. The summed E-state index contributed by atoms with van der Waals surface area (Å²) in [7, 11) is 0. The van der Waals surface area contributed by atoms with E-state index in [9.17, 15) is 24.3 Å². The van der Waals surface area contributed by atoms with Crippen LogP contribution in [0, 0.1) is 18.8 Å². The molecule has 0 unspecified atom stereocenters. The van der Waals surface area contributed by atoms with E-state index in [1.54, 1.807) is 34.9 Å². The van der Waals surface area contributed by atoms with Gasteiger partial charge in [0.25, 0.3) is 5.91 Å². The summed E-state index contributed by atoms with van der Waals surface area (Å²) in [5, 5.41) is 12.4. The molecule has 10 nitrogen and oxygen atoms in total. The lowest BCUT2D eigenvalue weighted by Crippen LogP contribution is -2.56. The first-order chi connectivity index (χ1) is 21.6. The minimum absolute atomic E-state index is 0.0958. The Morgan fingerprint density at radius 2 is 2.00 bits per heavy atom. The number of nitrogens with one attached hydrogen (secondary N) is 1. The first-order valence-electron chi connectivity index (χ1n) is 16.0. The van der Waals surface area contributed by atoms with Crippen LogP contribution in [0.25, 0.3) is 0 Å². The van der Waals surface area contributed by atoms with Crippen molar-refractivity contribution in [2.45, 2.75) is 89.1 Å². The maximum Gasteiger partial charge on any atom is 0.312 e. The van der Waals surface area contributed by atoms with E-state index in [-0.39, 0.29) is 37.4 Å². The number of benzene rings is 1. The third-order valence-corrected chi connectivity index (χ3v) is 9.43. The van der Waals surface area contributed by atoms with Crippen molar-refractivity contribution in [1.29, 1.82) is 0 Å². The Hall–Kier alpha value is -3.21. The quantitative estimate of drug-likeness (QED) is 0.149. The number of aliphatic hydroxyl groups excluding tert-OH is 1. The fraction of sp³-hybridized carbons (Fsp3) is 0.588. The SMILES string of the molecule is C=CCCC(=O)NC[C@@H](C)OC(=O)[C@@H]1[C@@H]2CC[C@]3(O2)[C@H](C(=O)N(CC=C)c2c(C)cccc2Cl)N(CCCCCCO)C(=O)[C@@H]13. The zero-order chi connectivity index (χ0) is 32.7. The lowest BCUT2D eigenvalue weighted by atomic mass is 9.70. The molecule has 3 aliphatic rings. The largest absolute Gasteiger partial charge is 0.460 e. The third kappa shape index (κ3) is 7.13. The molecular formula is C34H46ClN3O7. The first kappa shape index (κ1) is 34.7. The van der Waals surface area contributed by atoms with Gasteiger partial charge in [0.1, 0.15) is 17.7 Å². The van der Waals surface area contributed by atoms with Crippen LogP contribution in [0.15, 0.2) is 43.5 Å². The average molecular weight is 644 g/mol. The maximum absolute atomic E-state index is 14.7. The van der Waals surface area contributed by atoms with Gasteiger partial charge in [-0.3, -0.25) is 19.2 Å². The zero-order valence-electron chi connectivity index (χ0n) is 26.3. The van der Waals surface area contributed by atoms with Crippen LogP contribution >= 0.6 is 11.6 Å². The van der Waals surface area contributed by atoms with Crippen LogP contribution in [0.1, 0.15) is 63.9 Å². The number of rotatable bonds is 17. The number of halogens is 1. The van der Waals surface area contributed by atoms with E-state index in [1.165, 1.54) is 0 Å². The summed E-state index contributed by atoms with van der Waals surface area (Å²) in [5.74, 6) is -3.09. The Kier molecular flexibility index (Phi) is 11.8. The number of esters is 1. The van der Waals surface area contributed by atoms with Crippen molar-refractivity contribution in [3.05, 3.63) is 54.1 Å². The number of aryl methyl sites for hydroxylation is 1. The minimum atomic E-state index is -1.19. The summed E-state index contributed by atoms with van der Waals surface area (Å²) in [6.07, 6.45) is 6.77. The van der Waals surface area contributed by atoms with Crippen LogP contribution < -0.4 is 10.2 Å². The second-order valence-electron chi connectivity index (χ2n) is 12.2.